The van der Waals surface area contributed by atoms with Gasteiger partial charge in [0.2, 0.25) is 17.2 Å². The van der Waals surface area contributed by atoms with Crippen LogP contribution in [0.3, 0.4) is 0 Å². The summed E-state index contributed by atoms with van der Waals surface area (Å²) in [6.45, 7) is 7.58. The molecule has 1 atom stereocenters. The minimum absolute atomic E-state index is 0.00537. The van der Waals surface area contributed by atoms with Gasteiger partial charge in [0.1, 0.15) is 5.54 Å². The monoisotopic (exact) mass is 254 g/mol. The van der Waals surface area contributed by atoms with Crippen molar-refractivity contribution in [2.45, 2.75) is 33.2 Å². The van der Waals surface area contributed by atoms with Gasteiger partial charge in [0, 0.05) is 0 Å². The number of hydrogen-bond acceptors (Lipinski definition) is 6. The molecule has 1 heterocycles. The molecule has 7 heteroatoms. The molecule has 0 bridgehead atoms. The van der Waals surface area contributed by atoms with Crippen molar-refractivity contribution in [1.29, 1.82) is 5.26 Å². The molecular formula is C10H15ClN6. The maximum absolute atomic E-state index is 9.27. The van der Waals surface area contributed by atoms with E-state index < -0.39 is 5.54 Å². The van der Waals surface area contributed by atoms with E-state index in [0.717, 1.165) is 0 Å². The van der Waals surface area contributed by atoms with Gasteiger partial charge >= 0.3 is 0 Å². The molecule has 17 heavy (non-hydrogen) atoms. The third kappa shape index (κ3) is 2.94. The molecule has 3 N–H and O–H groups in total. The molecule has 1 aromatic rings. The molecule has 0 fully saturated rings. The number of aromatic nitrogens is 3. The summed E-state index contributed by atoms with van der Waals surface area (Å²) < 4.78 is 0. The van der Waals surface area contributed by atoms with Crippen molar-refractivity contribution in [3.8, 4) is 6.07 Å². The van der Waals surface area contributed by atoms with Crippen molar-refractivity contribution >= 4 is 23.5 Å². The number of nitrogens with two attached hydrogens (primary N) is 1. The SMILES string of the molecule is CC(C)(C)C(C)(C#N)Nc1nc(N)nc(Cl)n1. The molecule has 0 aliphatic carbocycles. The Hall–Kier alpha value is -1.61. The van der Waals surface area contributed by atoms with E-state index in [2.05, 4.69) is 26.3 Å². The number of anilines is 2. The number of halogens is 1. The fourth-order valence-electron chi connectivity index (χ4n) is 1.03. The highest BCUT2D eigenvalue weighted by molar-refractivity contribution is 6.28. The van der Waals surface area contributed by atoms with Crippen LogP contribution in [-0.2, 0) is 0 Å². The minimum Gasteiger partial charge on any atom is -0.368 e. The summed E-state index contributed by atoms with van der Waals surface area (Å²) in [6.07, 6.45) is 0. The van der Waals surface area contributed by atoms with Crippen LogP contribution in [0, 0.1) is 16.7 Å². The molecule has 0 saturated carbocycles. The van der Waals surface area contributed by atoms with Crippen LogP contribution in [0.2, 0.25) is 5.28 Å². The third-order valence-corrected chi connectivity index (χ3v) is 2.88. The maximum atomic E-state index is 9.27. The van der Waals surface area contributed by atoms with Crippen molar-refractivity contribution < 1.29 is 0 Å². The van der Waals surface area contributed by atoms with Crippen LogP contribution in [0.1, 0.15) is 27.7 Å². The Kier molecular flexibility index (Phi) is 3.43. The Morgan fingerprint density at radius 2 is 1.82 bits per heavy atom. The highest BCUT2D eigenvalue weighted by Crippen LogP contribution is 2.32. The quantitative estimate of drug-likeness (QED) is 0.835. The number of nitrogens with one attached hydrogen (secondary N) is 1. The summed E-state index contributed by atoms with van der Waals surface area (Å²) in [7, 11) is 0. The molecule has 0 spiro atoms. The highest BCUT2D eigenvalue weighted by Gasteiger charge is 2.38. The summed E-state index contributed by atoms with van der Waals surface area (Å²) in [5.74, 6) is 0.211. The molecule has 0 radical (unpaired) electrons. The van der Waals surface area contributed by atoms with E-state index in [1.54, 1.807) is 6.92 Å². The van der Waals surface area contributed by atoms with Crippen LogP contribution in [0.15, 0.2) is 0 Å². The minimum atomic E-state index is -0.843. The van der Waals surface area contributed by atoms with Gasteiger partial charge in [-0.25, -0.2) is 0 Å². The Balaban J connectivity index is 3.09. The van der Waals surface area contributed by atoms with Crippen molar-refractivity contribution in [3.63, 3.8) is 0 Å². The first kappa shape index (κ1) is 13.5. The smallest absolute Gasteiger partial charge is 0.230 e. The fraction of sp³-hybridized carbons (Fsp3) is 0.600. The molecule has 92 valence electrons. The lowest BCUT2D eigenvalue weighted by atomic mass is 9.76. The highest BCUT2D eigenvalue weighted by atomic mass is 35.5. The molecule has 6 nitrogen and oxygen atoms in total. The normalized spacial score (nSPS) is 14.8. The molecule has 0 aromatic carbocycles. The van der Waals surface area contributed by atoms with Gasteiger partial charge in [-0.1, -0.05) is 20.8 Å². The number of rotatable bonds is 2. The number of nitrogens with zero attached hydrogens (tertiary/aromatic N) is 4. The topological polar surface area (TPSA) is 101 Å². The largest absolute Gasteiger partial charge is 0.368 e. The molecule has 0 saturated heterocycles. The van der Waals surface area contributed by atoms with Gasteiger partial charge in [-0.2, -0.15) is 20.2 Å². The fourth-order valence-corrected chi connectivity index (χ4v) is 1.19. The van der Waals surface area contributed by atoms with Gasteiger partial charge in [0.15, 0.2) is 0 Å². The van der Waals surface area contributed by atoms with E-state index in [1.807, 2.05) is 20.8 Å². The van der Waals surface area contributed by atoms with Gasteiger partial charge in [-0.3, -0.25) is 0 Å². The summed E-state index contributed by atoms with van der Waals surface area (Å²) in [6, 6.07) is 2.21. The zero-order valence-electron chi connectivity index (χ0n) is 10.2. The number of nitriles is 1. The second-order valence-corrected chi connectivity index (χ2v) is 5.24. The van der Waals surface area contributed by atoms with Crippen LogP contribution in [-0.4, -0.2) is 20.5 Å². The van der Waals surface area contributed by atoms with Crippen LogP contribution in [0.25, 0.3) is 0 Å². The van der Waals surface area contributed by atoms with Crippen molar-refractivity contribution in [2.24, 2.45) is 5.41 Å². The van der Waals surface area contributed by atoms with Crippen LogP contribution >= 0.6 is 11.6 Å². The van der Waals surface area contributed by atoms with Crippen molar-refractivity contribution in [2.75, 3.05) is 11.1 Å². The van der Waals surface area contributed by atoms with Crippen molar-refractivity contribution in [3.05, 3.63) is 5.28 Å². The van der Waals surface area contributed by atoms with E-state index in [1.165, 1.54) is 0 Å². The van der Waals surface area contributed by atoms with E-state index in [4.69, 9.17) is 17.3 Å². The van der Waals surface area contributed by atoms with Gasteiger partial charge in [0.25, 0.3) is 0 Å². The summed E-state index contributed by atoms with van der Waals surface area (Å²) in [5.41, 5.74) is 4.31. The summed E-state index contributed by atoms with van der Waals surface area (Å²) in [5, 5.41) is 12.2. The predicted octanol–water partition coefficient (Wildman–Crippen LogP) is 1.85. The number of nitrogen functional groups attached to an aromatic ring is 1. The average molecular weight is 255 g/mol. The third-order valence-electron chi connectivity index (χ3n) is 2.71. The summed E-state index contributed by atoms with van der Waals surface area (Å²) >= 11 is 5.67. The van der Waals surface area contributed by atoms with Crippen LogP contribution in [0.4, 0.5) is 11.9 Å². The lowest BCUT2D eigenvalue weighted by molar-refractivity contribution is 0.291. The first-order chi connectivity index (χ1) is 7.68. The molecule has 0 amide bonds. The molecule has 1 aromatic heterocycles. The van der Waals surface area contributed by atoms with Gasteiger partial charge in [-0.05, 0) is 23.9 Å². The predicted molar refractivity (Wildman–Crippen MR) is 66.3 cm³/mol. The second kappa shape index (κ2) is 4.34. The van der Waals surface area contributed by atoms with Crippen molar-refractivity contribution in [1.82, 2.24) is 15.0 Å². The Bertz CT molecular complexity index is 441. The Morgan fingerprint density at radius 1 is 1.24 bits per heavy atom. The summed E-state index contributed by atoms with van der Waals surface area (Å²) in [4.78, 5) is 11.4. The van der Waals surface area contributed by atoms with Gasteiger partial charge in [-0.15, -0.1) is 0 Å². The van der Waals surface area contributed by atoms with Gasteiger partial charge < -0.3 is 11.1 Å². The zero-order chi connectivity index (χ0) is 13.3. The standard InChI is InChI=1S/C10H15ClN6/c1-9(2,3)10(4,5-12)17-8-15-6(11)14-7(13)16-8/h1-4H3,(H3,13,14,15,16,17). The van der Waals surface area contributed by atoms with E-state index >= 15 is 0 Å². The van der Waals surface area contributed by atoms with Crippen LogP contribution < -0.4 is 11.1 Å². The molecule has 1 unspecified atom stereocenters. The lowest BCUT2D eigenvalue weighted by Gasteiger charge is -2.36. The zero-order valence-corrected chi connectivity index (χ0v) is 11.0. The van der Waals surface area contributed by atoms with E-state index in [9.17, 15) is 5.26 Å². The van der Waals surface area contributed by atoms with E-state index in [0.29, 0.717) is 0 Å². The lowest BCUT2D eigenvalue weighted by Crippen LogP contribution is -2.46. The molecule has 0 aliphatic rings. The number of hydrogen-bond donors (Lipinski definition) is 2. The Labute approximate surface area is 105 Å². The van der Waals surface area contributed by atoms with Gasteiger partial charge in [0.05, 0.1) is 6.07 Å². The van der Waals surface area contributed by atoms with Crippen LogP contribution in [0.5, 0.6) is 0 Å². The average Bonchev–Trinajstić information content (AvgIpc) is 2.13. The first-order valence-electron chi connectivity index (χ1n) is 5.04. The van der Waals surface area contributed by atoms with E-state index in [-0.39, 0.29) is 22.6 Å². The maximum Gasteiger partial charge on any atom is 0.230 e. The molecule has 1 rings (SSSR count). The second-order valence-electron chi connectivity index (χ2n) is 4.90. The molecule has 0 aliphatic heterocycles. The first-order valence-corrected chi connectivity index (χ1v) is 5.42. The molecular weight excluding hydrogens is 240 g/mol. The Morgan fingerprint density at radius 3 is 2.24 bits per heavy atom.